The zero-order valence-electron chi connectivity index (χ0n) is 35.9. The fraction of sp³-hybridized carbons (Fsp3) is 0.0159. The van der Waals surface area contributed by atoms with Crippen molar-refractivity contribution in [3.05, 3.63) is 248 Å². The van der Waals surface area contributed by atoms with Gasteiger partial charge in [-0.3, -0.25) is 0 Å². The van der Waals surface area contributed by atoms with Crippen molar-refractivity contribution < 1.29 is 4.42 Å². The second kappa shape index (κ2) is 16.0. The Morgan fingerprint density at radius 1 is 0.292 bits per heavy atom. The summed E-state index contributed by atoms with van der Waals surface area (Å²) in [7, 11) is 0. The van der Waals surface area contributed by atoms with Gasteiger partial charge in [0, 0.05) is 33.6 Å². The fourth-order valence-corrected chi connectivity index (χ4v) is 9.66. The Hall–Kier alpha value is -8.46. The first kappa shape index (κ1) is 38.2. The van der Waals surface area contributed by atoms with Gasteiger partial charge in [-0.1, -0.05) is 188 Å². The minimum Gasteiger partial charge on any atom is -0.456 e. The largest absolute Gasteiger partial charge is 0.456 e. The van der Waals surface area contributed by atoms with Crippen molar-refractivity contribution in [2.24, 2.45) is 0 Å². The maximum atomic E-state index is 6.32. The molecule has 0 atom stereocenters. The molecule has 11 aromatic carbocycles. The lowest BCUT2D eigenvalue weighted by Gasteiger charge is -2.26. The van der Waals surface area contributed by atoms with Crippen molar-refractivity contribution in [3.8, 4) is 55.8 Å². The summed E-state index contributed by atoms with van der Waals surface area (Å²) in [4.78, 5) is 2.35. The van der Waals surface area contributed by atoms with Crippen LogP contribution >= 0.6 is 0 Å². The summed E-state index contributed by atoms with van der Waals surface area (Å²) >= 11 is 0. The highest BCUT2D eigenvalue weighted by molar-refractivity contribution is 6.08. The van der Waals surface area contributed by atoms with Crippen LogP contribution in [0.5, 0.6) is 0 Å². The van der Waals surface area contributed by atoms with Gasteiger partial charge in [0.1, 0.15) is 11.3 Å². The number of para-hydroxylation sites is 1. The molecule has 0 saturated carbocycles. The van der Waals surface area contributed by atoms with Crippen molar-refractivity contribution in [1.82, 2.24) is 0 Å². The van der Waals surface area contributed by atoms with E-state index in [-0.39, 0.29) is 0 Å². The molecule has 0 spiro atoms. The predicted octanol–water partition coefficient (Wildman–Crippen LogP) is 18.0. The minimum absolute atomic E-state index is 0.919. The van der Waals surface area contributed by atoms with Gasteiger partial charge in [0.15, 0.2) is 0 Å². The maximum absolute atomic E-state index is 6.32. The molecule has 0 aliphatic rings. The molecule has 0 radical (unpaired) electrons. The van der Waals surface area contributed by atoms with Crippen molar-refractivity contribution in [3.63, 3.8) is 0 Å². The quantitative estimate of drug-likeness (QED) is 0.142. The SMILES string of the molecule is Cc1c(-c2cccc(-c3ccc(-c4ccc(N(c5ccc(-c6ccc7c(ccc8ccccc87)c6)cc5)c5ccc(-c6cccc7ccccc67)cc5)cc4)cc3)c2)oc2ccccc12. The lowest BCUT2D eigenvalue weighted by Crippen LogP contribution is -2.09. The normalized spacial score (nSPS) is 11.5. The third-order valence-electron chi connectivity index (χ3n) is 13.1. The average Bonchev–Trinajstić information content (AvgIpc) is 3.72. The molecule has 0 aliphatic heterocycles. The summed E-state index contributed by atoms with van der Waals surface area (Å²) in [6, 6.07) is 87.8. The number of fused-ring (bicyclic) bond motifs is 5. The Labute approximate surface area is 378 Å². The maximum Gasteiger partial charge on any atom is 0.138 e. The third-order valence-corrected chi connectivity index (χ3v) is 13.1. The Bertz CT molecular complexity index is 3690. The Morgan fingerprint density at radius 2 is 0.738 bits per heavy atom. The zero-order chi connectivity index (χ0) is 43.3. The zero-order valence-corrected chi connectivity index (χ0v) is 35.9. The second-order valence-corrected chi connectivity index (χ2v) is 16.9. The molecule has 65 heavy (non-hydrogen) atoms. The van der Waals surface area contributed by atoms with E-state index in [1.54, 1.807) is 0 Å². The van der Waals surface area contributed by atoms with Crippen LogP contribution in [0.25, 0.3) is 99.1 Å². The summed E-state index contributed by atoms with van der Waals surface area (Å²) in [5.74, 6) is 0.925. The molecule has 12 rings (SSSR count). The number of benzene rings is 11. The van der Waals surface area contributed by atoms with Gasteiger partial charge in [0.2, 0.25) is 0 Å². The van der Waals surface area contributed by atoms with E-state index >= 15 is 0 Å². The van der Waals surface area contributed by atoms with E-state index in [4.69, 9.17) is 4.42 Å². The van der Waals surface area contributed by atoms with Gasteiger partial charge in [-0.25, -0.2) is 0 Å². The van der Waals surface area contributed by atoms with Crippen LogP contribution in [0.3, 0.4) is 0 Å². The molecular weight excluding hydrogens is 787 g/mol. The van der Waals surface area contributed by atoms with Crippen LogP contribution in [0.15, 0.2) is 247 Å². The van der Waals surface area contributed by atoms with Crippen LogP contribution in [0.4, 0.5) is 17.1 Å². The smallest absolute Gasteiger partial charge is 0.138 e. The van der Waals surface area contributed by atoms with Gasteiger partial charge in [-0.15, -0.1) is 0 Å². The summed E-state index contributed by atoms with van der Waals surface area (Å²) in [6.07, 6.45) is 0. The van der Waals surface area contributed by atoms with Crippen LogP contribution < -0.4 is 4.90 Å². The predicted molar refractivity (Wildman–Crippen MR) is 275 cm³/mol. The lowest BCUT2D eigenvalue weighted by atomic mass is 9.97. The summed E-state index contributed by atoms with van der Waals surface area (Å²) in [6.45, 7) is 2.14. The molecule has 2 nitrogen and oxygen atoms in total. The third kappa shape index (κ3) is 7.03. The number of rotatable bonds is 8. The molecule has 0 N–H and O–H groups in total. The molecule has 0 fully saturated rings. The van der Waals surface area contributed by atoms with E-state index in [1.807, 2.05) is 12.1 Å². The molecule has 2 heteroatoms. The highest BCUT2D eigenvalue weighted by Crippen LogP contribution is 2.40. The number of nitrogens with zero attached hydrogens (tertiary/aromatic N) is 1. The minimum atomic E-state index is 0.919. The monoisotopic (exact) mass is 829 g/mol. The average molecular weight is 830 g/mol. The Morgan fingerprint density at radius 3 is 1.40 bits per heavy atom. The van der Waals surface area contributed by atoms with Gasteiger partial charge >= 0.3 is 0 Å². The second-order valence-electron chi connectivity index (χ2n) is 16.9. The number of aryl methyl sites for hydroxylation is 1. The van der Waals surface area contributed by atoms with Crippen molar-refractivity contribution >= 4 is 60.3 Å². The van der Waals surface area contributed by atoms with E-state index in [0.717, 1.165) is 50.5 Å². The molecule has 12 aromatic rings. The number of anilines is 3. The fourth-order valence-electron chi connectivity index (χ4n) is 9.66. The number of furan rings is 1. The highest BCUT2D eigenvalue weighted by atomic mass is 16.3. The summed E-state index contributed by atoms with van der Waals surface area (Å²) < 4.78 is 6.32. The topological polar surface area (TPSA) is 16.4 Å². The molecular formula is C63H43NO. The molecule has 0 amide bonds. The Kier molecular flexibility index (Phi) is 9.43. The van der Waals surface area contributed by atoms with Gasteiger partial charge < -0.3 is 9.32 Å². The number of hydrogen-bond acceptors (Lipinski definition) is 2. The number of hydrogen-bond donors (Lipinski definition) is 0. The van der Waals surface area contributed by atoms with E-state index in [0.29, 0.717) is 0 Å². The molecule has 1 aromatic heterocycles. The summed E-state index contributed by atoms with van der Waals surface area (Å²) in [5.41, 5.74) is 15.9. The first-order chi connectivity index (χ1) is 32.1. The summed E-state index contributed by atoms with van der Waals surface area (Å²) in [5, 5.41) is 8.73. The van der Waals surface area contributed by atoms with Crippen molar-refractivity contribution in [1.29, 1.82) is 0 Å². The molecule has 0 aliphatic carbocycles. The van der Waals surface area contributed by atoms with E-state index in [1.165, 1.54) is 71.3 Å². The highest BCUT2D eigenvalue weighted by Gasteiger charge is 2.16. The van der Waals surface area contributed by atoms with Gasteiger partial charge in [-0.05, 0) is 138 Å². The van der Waals surface area contributed by atoms with Gasteiger partial charge in [0.25, 0.3) is 0 Å². The van der Waals surface area contributed by atoms with E-state index in [2.05, 4.69) is 242 Å². The van der Waals surface area contributed by atoms with Crippen LogP contribution in [-0.4, -0.2) is 0 Å². The lowest BCUT2D eigenvalue weighted by molar-refractivity contribution is 0.629. The van der Waals surface area contributed by atoms with Gasteiger partial charge in [0.05, 0.1) is 0 Å². The molecule has 306 valence electrons. The van der Waals surface area contributed by atoms with Crippen LogP contribution in [0.2, 0.25) is 0 Å². The molecule has 0 unspecified atom stereocenters. The van der Waals surface area contributed by atoms with Crippen LogP contribution in [0, 0.1) is 6.92 Å². The molecule has 0 bridgehead atoms. The molecule has 0 saturated heterocycles. The van der Waals surface area contributed by atoms with E-state index in [9.17, 15) is 0 Å². The van der Waals surface area contributed by atoms with E-state index < -0.39 is 0 Å². The van der Waals surface area contributed by atoms with Crippen LogP contribution in [0.1, 0.15) is 5.56 Å². The first-order valence-corrected chi connectivity index (χ1v) is 22.3. The standard InChI is InChI=1S/C63H43NO/c1-42-57-15-6-7-19-62(57)65-63(42)53-14-8-13-50(41-53)45-22-20-43(21-23-45)44-26-33-54(34-27-44)64(56-37-30-49(31-38-56)60-18-9-12-47-10-2-4-16-58(47)60)55-35-28-46(29-36-55)51-32-39-61-52(40-51)25-24-48-11-3-5-17-59(48)61/h2-41H,1H3. The van der Waals surface area contributed by atoms with Crippen LogP contribution in [-0.2, 0) is 0 Å². The first-order valence-electron chi connectivity index (χ1n) is 22.3. The van der Waals surface area contributed by atoms with Crippen molar-refractivity contribution in [2.45, 2.75) is 6.92 Å². The Balaban J connectivity index is 0.862. The van der Waals surface area contributed by atoms with Crippen molar-refractivity contribution in [2.75, 3.05) is 4.90 Å². The van der Waals surface area contributed by atoms with Gasteiger partial charge in [-0.2, -0.15) is 0 Å². The molecule has 1 heterocycles.